The van der Waals surface area contributed by atoms with Crippen LogP contribution < -0.4 is 4.90 Å². The number of anilines is 1. The van der Waals surface area contributed by atoms with Gasteiger partial charge in [0.05, 0.1) is 4.92 Å². The van der Waals surface area contributed by atoms with Gasteiger partial charge in [0, 0.05) is 43.7 Å². The van der Waals surface area contributed by atoms with Gasteiger partial charge in [0.25, 0.3) is 5.69 Å². The number of rotatable bonds is 4. The number of amides is 1. The van der Waals surface area contributed by atoms with E-state index in [1.165, 1.54) is 12.8 Å². The van der Waals surface area contributed by atoms with Crippen LogP contribution in [0.15, 0.2) is 42.5 Å². The van der Waals surface area contributed by atoms with Gasteiger partial charge in [0.15, 0.2) is 5.69 Å². The first-order valence-corrected chi connectivity index (χ1v) is 10.9. The van der Waals surface area contributed by atoms with Crippen LogP contribution in [0.2, 0.25) is 0 Å². The highest BCUT2D eigenvalue weighted by Crippen LogP contribution is 2.32. The zero-order valence-electron chi connectivity index (χ0n) is 17.2. The van der Waals surface area contributed by atoms with Crippen LogP contribution >= 0.6 is 0 Å². The standard InChI is InChI=1S/C23H28N4O3/c28-23(26-14-6-1-2-7-15-26)19-12-16-25(17-13-19)21-11-10-20(27(29)30)22(24-21)18-8-4-3-5-9-18/h3-5,8-11,19H,1-2,6-7,12-17H2. The first-order valence-electron chi connectivity index (χ1n) is 10.9. The molecule has 1 amide bonds. The first kappa shape index (κ1) is 20.3. The third kappa shape index (κ3) is 4.45. The maximum atomic E-state index is 12.9. The van der Waals surface area contributed by atoms with Crippen molar-refractivity contribution in [3.05, 3.63) is 52.6 Å². The van der Waals surface area contributed by atoms with Crippen LogP contribution in [0.4, 0.5) is 11.5 Å². The molecule has 0 radical (unpaired) electrons. The molecule has 7 heteroatoms. The number of hydrogen-bond donors (Lipinski definition) is 0. The summed E-state index contributed by atoms with van der Waals surface area (Å²) in [6, 6.07) is 12.5. The number of nitrogens with zero attached hydrogens (tertiary/aromatic N) is 4. The maximum absolute atomic E-state index is 12.9. The summed E-state index contributed by atoms with van der Waals surface area (Å²) in [7, 11) is 0. The van der Waals surface area contributed by atoms with Crippen molar-refractivity contribution in [1.29, 1.82) is 0 Å². The fourth-order valence-corrected chi connectivity index (χ4v) is 4.48. The molecule has 2 aliphatic rings. The van der Waals surface area contributed by atoms with Crippen LogP contribution in [-0.2, 0) is 4.79 Å². The van der Waals surface area contributed by atoms with E-state index in [1.54, 1.807) is 12.1 Å². The summed E-state index contributed by atoms with van der Waals surface area (Å²) in [6.07, 6.45) is 6.26. The van der Waals surface area contributed by atoms with Crippen molar-refractivity contribution in [3.63, 3.8) is 0 Å². The molecule has 2 fully saturated rings. The van der Waals surface area contributed by atoms with E-state index in [4.69, 9.17) is 0 Å². The summed E-state index contributed by atoms with van der Waals surface area (Å²) in [5.41, 5.74) is 1.13. The third-order valence-electron chi connectivity index (χ3n) is 6.19. The predicted octanol–water partition coefficient (Wildman–Crippen LogP) is 4.28. The number of carbonyl (C=O) groups is 1. The topological polar surface area (TPSA) is 79.6 Å². The van der Waals surface area contributed by atoms with Gasteiger partial charge in [-0.05, 0) is 31.7 Å². The maximum Gasteiger partial charge on any atom is 0.295 e. The average molecular weight is 409 g/mol. The molecule has 1 aromatic heterocycles. The highest BCUT2D eigenvalue weighted by molar-refractivity contribution is 5.79. The Morgan fingerprint density at radius 2 is 1.60 bits per heavy atom. The smallest absolute Gasteiger partial charge is 0.295 e. The number of pyridine rings is 1. The zero-order valence-corrected chi connectivity index (χ0v) is 17.2. The molecule has 0 aliphatic carbocycles. The molecule has 4 rings (SSSR count). The summed E-state index contributed by atoms with van der Waals surface area (Å²) in [4.78, 5) is 32.9. The van der Waals surface area contributed by atoms with Gasteiger partial charge >= 0.3 is 0 Å². The largest absolute Gasteiger partial charge is 0.357 e. The molecule has 2 aliphatic heterocycles. The minimum absolute atomic E-state index is 0.0103. The Bertz CT molecular complexity index is 887. The molecule has 0 spiro atoms. The normalized spacial score (nSPS) is 18.1. The van der Waals surface area contributed by atoms with Crippen LogP contribution in [0.1, 0.15) is 38.5 Å². The van der Waals surface area contributed by atoms with Crippen molar-refractivity contribution in [2.75, 3.05) is 31.1 Å². The van der Waals surface area contributed by atoms with Gasteiger partial charge in [-0.25, -0.2) is 4.98 Å². The summed E-state index contributed by atoms with van der Waals surface area (Å²) in [5, 5.41) is 11.5. The molecule has 0 saturated carbocycles. The third-order valence-corrected chi connectivity index (χ3v) is 6.19. The lowest BCUT2D eigenvalue weighted by Gasteiger charge is -2.34. The average Bonchev–Trinajstić information content (AvgIpc) is 3.08. The van der Waals surface area contributed by atoms with Crippen molar-refractivity contribution >= 4 is 17.4 Å². The molecule has 2 saturated heterocycles. The van der Waals surface area contributed by atoms with Gasteiger partial charge < -0.3 is 9.80 Å². The van der Waals surface area contributed by atoms with Gasteiger partial charge in [0.2, 0.25) is 5.91 Å². The Hall–Kier alpha value is -2.96. The van der Waals surface area contributed by atoms with Crippen molar-refractivity contribution in [2.24, 2.45) is 5.92 Å². The van der Waals surface area contributed by atoms with E-state index in [0.29, 0.717) is 11.6 Å². The number of hydrogen-bond acceptors (Lipinski definition) is 5. The van der Waals surface area contributed by atoms with Crippen molar-refractivity contribution < 1.29 is 9.72 Å². The Morgan fingerprint density at radius 3 is 2.23 bits per heavy atom. The van der Waals surface area contributed by atoms with Crippen LogP contribution in [0, 0.1) is 16.0 Å². The van der Waals surface area contributed by atoms with E-state index in [2.05, 4.69) is 14.8 Å². The molecule has 0 unspecified atom stereocenters. The van der Waals surface area contributed by atoms with Crippen molar-refractivity contribution in [2.45, 2.75) is 38.5 Å². The summed E-state index contributed by atoms with van der Waals surface area (Å²) < 4.78 is 0. The summed E-state index contributed by atoms with van der Waals surface area (Å²) in [5.74, 6) is 1.12. The summed E-state index contributed by atoms with van der Waals surface area (Å²) >= 11 is 0. The molecule has 158 valence electrons. The fraction of sp³-hybridized carbons (Fsp3) is 0.478. The molecule has 0 atom stereocenters. The highest BCUT2D eigenvalue weighted by atomic mass is 16.6. The predicted molar refractivity (Wildman–Crippen MR) is 116 cm³/mol. The Balaban J connectivity index is 1.47. The van der Waals surface area contributed by atoms with Crippen LogP contribution in [0.25, 0.3) is 11.3 Å². The minimum atomic E-state index is -0.384. The van der Waals surface area contributed by atoms with Gasteiger partial charge in [-0.2, -0.15) is 0 Å². The lowest BCUT2D eigenvalue weighted by atomic mass is 9.95. The van der Waals surface area contributed by atoms with E-state index in [9.17, 15) is 14.9 Å². The highest BCUT2D eigenvalue weighted by Gasteiger charge is 2.30. The Kier molecular flexibility index (Phi) is 6.26. The monoisotopic (exact) mass is 408 g/mol. The molecule has 0 bridgehead atoms. The van der Waals surface area contributed by atoms with Crippen LogP contribution in [0.3, 0.4) is 0 Å². The van der Waals surface area contributed by atoms with E-state index in [-0.39, 0.29) is 16.5 Å². The molecule has 2 aromatic rings. The van der Waals surface area contributed by atoms with Gasteiger partial charge in [-0.1, -0.05) is 43.2 Å². The SMILES string of the molecule is O=C(C1CCN(c2ccc([N+](=O)[O-])c(-c3ccccc3)n2)CC1)N1CCCCCC1. The molecule has 30 heavy (non-hydrogen) atoms. The minimum Gasteiger partial charge on any atom is -0.357 e. The number of nitro groups is 1. The molecular formula is C23H28N4O3. The van der Waals surface area contributed by atoms with Gasteiger partial charge in [0.1, 0.15) is 5.82 Å². The quantitative estimate of drug-likeness (QED) is 0.557. The van der Waals surface area contributed by atoms with Crippen LogP contribution in [-0.4, -0.2) is 46.9 Å². The first-order chi connectivity index (χ1) is 14.6. The number of aromatic nitrogens is 1. The number of carbonyl (C=O) groups excluding carboxylic acids is 1. The number of piperidine rings is 1. The van der Waals surface area contributed by atoms with Gasteiger partial charge in [-0.3, -0.25) is 14.9 Å². The number of likely N-dealkylation sites (tertiary alicyclic amines) is 1. The fourth-order valence-electron chi connectivity index (χ4n) is 4.48. The molecule has 3 heterocycles. The Labute approximate surface area is 176 Å². The van der Waals surface area contributed by atoms with Crippen molar-refractivity contribution in [1.82, 2.24) is 9.88 Å². The lowest BCUT2D eigenvalue weighted by Crippen LogP contribution is -2.43. The zero-order chi connectivity index (χ0) is 20.9. The number of benzene rings is 1. The second kappa shape index (κ2) is 9.24. The Morgan fingerprint density at radius 1 is 0.933 bits per heavy atom. The van der Waals surface area contributed by atoms with E-state index in [1.807, 2.05) is 30.3 Å². The van der Waals surface area contributed by atoms with E-state index in [0.717, 1.165) is 63.2 Å². The lowest BCUT2D eigenvalue weighted by molar-refractivity contribution is -0.384. The second-order valence-electron chi connectivity index (χ2n) is 8.16. The summed E-state index contributed by atoms with van der Waals surface area (Å²) in [6.45, 7) is 3.26. The van der Waals surface area contributed by atoms with Crippen LogP contribution in [0.5, 0.6) is 0 Å². The molecular weight excluding hydrogens is 380 g/mol. The van der Waals surface area contributed by atoms with E-state index < -0.39 is 0 Å². The molecule has 7 nitrogen and oxygen atoms in total. The molecule has 1 aromatic carbocycles. The van der Waals surface area contributed by atoms with Gasteiger partial charge in [-0.15, -0.1) is 0 Å². The van der Waals surface area contributed by atoms with E-state index >= 15 is 0 Å². The van der Waals surface area contributed by atoms with Crippen molar-refractivity contribution in [3.8, 4) is 11.3 Å². The second-order valence-corrected chi connectivity index (χ2v) is 8.16. The molecule has 0 N–H and O–H groups in total.